The fourth-order valence-electron chi connectivity index (χ4n) is 4.82. The quantitative estimate of drug-likeness (QED) is 0.352. The Labute approximate surface area is 205 Å². The van der Waals surface area contributed by atoms with E-state index in [0.717, 1.165) is 66.0 Å². The van der Waals surface area contributed by atoms with Gasteiger partial charge < -0.3 is 16.4 Å². The summed E-state index contributed by atoms with van der Waals surface area (Å²) in [7, 11) is 0. The van der Waals surface area contributed by atoms with Crippen molar-refractivity contribution in [2.45, 2.75) is 57.7 Å². The third-order valence-electron chi connectivity index (χ3n) is 6.71. The van der Waals surface area contributed by atoms with Gasteiger partial charge in [-0.05, 0) is 54.5 Å². The first-order valence-electron chi connectivity index (χ1n) is 12.4. The van der Waals surface area contributed by atoms with E-state index < -0.39 is 0 Å². The third-order valence-corrected chi connectivity index (χ3v) is 6.71. The standard InChI is InChI=1S/C28H32N6O/c1-2-3-23-17-27(34-26(31-23)14-15-30-34)32-24-12-13-25(16-24)33-28(35)22-10-8-21(9-11-22)20-6-4-19(18-29)5-7-20/h4-11,14-15,17,24-25,32H,2-3,12-13,16,18,29H2,1H3,(H,33,35)/t24-,25-/m1/s1. The van der Waals surface area contributed by atoms with Crippen molar-refractivity contribution in [2.24, 2.45) is 5.73 Å². The van der Waals surface area contributed by atoms with Crippen molar-refractivity contribution < 1.29 is 4.79 Å². The molecule has 4 aromatic rings. The van der Waals surface area contributed by atoms with E-state index in [1.54, 1.807) is 6.20 Å². The molecule has 0 unspecified atom stereocenters. The predicted octanol–water partition coefficient (Wildman–Crippen LogP) is 4.57. The van der Waals surface area contributed by atoms with Gasteiger partial charge in [-0.15, -0.1) is 0 Å². The van der Waals surface area contributed by atoms with E-state index in [2.05, 4.69) is 45.8 Å². The zero-order chi connectivity index (χ0) is 24.2. The van der Waals surface area contributed by atoms with Gasteiger partial charge in [0.1, 0.15) is 5.82 Å². The van der Waals surface area contributed by atoms with Crippen molar-refractivity contribution in [3.63, 3.8) is 0 Å². The Bertz CT molecular complexity index is 1300. The number of carbonyl (C=O) groups is 1. The van der Waals surface area contributed by atoms with Gasteiger partial charge in [-0.3, -0.25) is 4.79 Å². The number of fused-ring (bicyclic) bond motifs is 1. The molecule has 2 heterocycles. The van der Waals surface area contributed by atoms with Crippen LogP contribution in [-0.4, -0.2) is 32.6 Å². The summed E-state index contributed by atoms with van der Waals surface area (Å²) < 4.78 is 1.86. The van der Waals surface area contributed by atoms with E-state index in [4.69, 9.17) is 5.73 Å². The van der Waals surface area contributed by atoms with Crippen molar-refractivity contribution in [1.82, 2.24) is 19.9 Å². The first-order valence-corrected chi connectivity index (χ1v) is 12.4. The van der Waals surface area contributed by atoms with Gasteiger partial charge in [0.25, 0.3) is 5.91 Å². The molecule has 2 aromatic carbocycles. The number of benzene rings is 2. The largest absolute Gasteiger partial charge is 0.367 e. The van der Waals surface area contributed by atoms with Crippen LogP contribution in [0.1, 0.15) is 54.2 Å². The van der Waals surface area contributed by atoms with Gasteiger partial charge in [0, 0.05) is 42.0 Å². The number of hydrogen-bond donors (Lipinski definition) is 3. The van der Waals surface area contributed by atoms with Crippen LogP contribution in [0.5, 0.6) is 0 Å². The highest BCUT2D eigenvalue weighted by Crippen LogP contribution is 2.25. The number of amides is 1. The topological polar surface area (TPSA) is 97.3 Å². The zero-order valence-electron chi connectivity index (χ0n) is 20.1. The molecule has 2 atom stereocenters. The van der Waals surface area contributed by atoms with Gasteiger partial charge in [0.15, 0.2) is 5.65 Å². The van der Waals surface area contributed by atoms with Crippen LogP contribution in [0.15, 0.2) is 66.9 Å². The van der Waals surface area contributed by atoms with Crippen LogP contribution in [0.3, 0.4) is 0 Å². The fraction of sp³-hybridized carbons (Fsp3) is 0.321. The van der Waals surface area contributed by atoms with Crippen molar-refractivity contribution in [3.05, 3.63) is 83.7 Å². The van der Waals surface area contributed by atoms with Crippen LogP contribution >= 0.6 is 0 Å². The minimum Gasteiger partial charge on any atom is -0.367 e. The Morgan fingerprint density at radius 2 is 1.74 bits per heavy atom. The molecule has 5 rings (SSSR count). The van der Waals surface area contributed by atoms with E-state index in [0.29, 0.717) is 12.1 Å². The molecule has 0 saturated heterocycles. The van der Waals surface area contributed by atoms with E-state index in [1.165, 1.54) is 0 Å². The number of rotatable bonds is 8. The van der Waals surface area contributed by atoms with Gasteiger partial charge in [0.2, 0.25) is 0 Å². The number of nitrogens with zero attached hydrogens (tertiary/aromatic N) is 3. The molecule has 2 aromatic heterocycles. The van der Waals surface area contributed by atoms with Crippen LogP contribution in [0, 0.1) is 0 Å². The summed E-state index contributed by atoms with van der Waals surface area (Å²) in [5.74, 6) is 0.944. The molecule has 1 amide bonds. The number of hydrogen-bond acceptors (Lipinski definition) is 5. The van der Waals surface area contributed by atoms with Gasteiger partial charge >= 0.3 is 0 Å². The highest BCUT2D eigenvalue weighted by molar-refractivity contribution is 5.94. The Hall–Kier alpha value is -3.71. The average Bonchev–Trinajstić information content (AvgIpc) is 3.54. The maximum atomic E-state index is 12.9. The lowest BCUT2D eigenvalue weighted by Crippen LogP contribution is -2.34. The predicted molar refractivity (Wildman–Crippen MR) is 139 cm³/mol. The molecular formula is C28H32N6O. The summed E-state index contributed by atoms with van der Waals surface area (Å²) in [6.07, 6.45) is 6.60. The van der Waals surface area contributed by atoms with Gasteiger partial charge in [-0.25, -0.2) is 4.98 Å². The molecule has 0 radical (unpaired) electrons. The number of anilines is 1. The van der Waals surface area contributed by atoms with Crippen LogP contribution in [0.2, 0.25) is 0 Å². The lowest BCUT2D eigenvalue weighted by atomic mass is 10.0. The SMILES string of the molecule is CCCc1cc(N[C@@H]2CC[C@@H](NC(=O)c3ccc(-c4ccc(CN)cc4)cc3)C2)n2nccc2n1. The normalized spacial score (nSPS) is 17.5. The Morgan fingerprint density at radius 3 is 2.46 bits per heavy atom. The molecule has 35 heavy (non-hydrogen) atoms. The maximum absolute atomic E-state index is 12.9. The first kappa shape index (κ1) is 23.1. The highest BCUT2D eigenvalue weighted by Gasteiger charge is 2.27. The molecule has 1 aliphatic carbocycles. The summed E-state index contributed by atoms with van der Waals surface area (Å²) in [6.45, 7) is 2.69. The van der Waals surface area contributed by atoms with Crippen LogP contribution < -0.4 is 16.4 Å². The summed E-state index contributed by atoms with van der Waals surface area (Å²) >= 11 is 0. The second kappa shape index (κ2) is 10.3. The second-order valence-corrected chi connectivity index (χ2v) is 9.29. The highest BCUT2D eigenvalue weighted by atomic mass is 16.1. The smallest absolute Gasteiger partial charge is 0.251 e. The zero-order valence-corrected chi connectivity index (χ0v) is 20.1. The lowest BCUT2D eigenvalue weighted by Gasteiger charge is -2.17. The molecule has 4 N–H and O–H groups in total. The Kier molecular flexibility index (Phi) is 6.77. The van der Waals surface area contributed by atoms with E-state index in [1.807, 2.05) is 47.0 Å². The number of nitrogens with one attached hydrogen (secondary N) is 2. The molecule has 180 valence electrons. The van der Waals surface area contributed by atoms with Crippen LogP contribution in [0.4, 0.5) is 5.82 Å². The lowest BCUT2D eigenvalue weighted by molar-refractivity contribution is 0.0938. The molecule has 7 nitrogen and oxygen atoms in total. The van der Waals surface area contributed by atoms with Gasteiger partial charge in [-0.1, -0.05) is 49.7 Å². The molecular weight excluding hydrogens is 436 g/mol. The summed E-state index contributed by atoms with van der Waals surface area (Å²) in [6, 6.07) is 20.4. The number of aromatic nitrogens is 3. The van der Waals surface area contributed by atoms with E-state index >= 15 is 0 Å². The minimum atomic E-state index is -0.0238. The molecule has 1 fully saturated rings. The Balaban J connectivity index is 1.19. The van der Waals surface area contributed by atoms with Gasteiger partial charge in [0.05, 0.1) is 6.20 Å². The molecule has 0 bridgehead atoms. The fourth-order valence-corrected chi connectivity index (χ4v) is 4.82. The van der Waals surface area contributed by atoms with Crippen LogP contribution in [-0.2, 0) is 13.0 Å². The second-order valence-electron chi connectivity index (χ2n) is 9.29. The third kappa shape index (κ3) is 5.20. The summed E-state index contributed by atoms with van der Waals surface area (Å²) in [5.41, 5.74) is 11.6. The molecule has 1 saturated carbocycles. The van der Waals surface area contributed by atoms with Gasteiger partial charge in [-0.2, -0.15) is 9.61 Å². The Morgan fingerprint density at radius 1 is 1.03 bits per heavy atom. The average molecular weight is 469 g/mol. The molecule has 1 aliphatic rings. The van der Waals surface area contributed by atoms with E-state index in [9.17, 15) is 4.79 Å². The number of aryl methyl sites for hydroxylation is 1. The first-order chi connectivity index (χ1) is 17.1. The number of nitrogens with two attached hydrogens (primary N) is 1. The van der Waals surface area contributed by atoms with Crippen LogP contribution in [0.25, 0.3) is 16.8 Å². The summed E-state index contributed by atoms with van der Waals surface area (Å²) in [5, 5.41) is 11.3. The van der Waals surface area contributed by atoms with E-state index in [-0.39, 0.29) is 18.0 Å². The van der Waals surface area contributed by atoms with Crippen molar-refractivity contribution in [3.8, 4) is 11.1 Å². The molecule has 0 aliphatic heterocycles. The monoisotopic (exact) mass is 468 g/mol. The van der Waals surface area contributed by atoms with Crippen molar-refractivity contribution >= 4 is 17.4 Å². The maximum Gasteiger partial charge on any atom is 0.251 e. The van der Waals surface area contributed by atoms with Crippen molar-refractivity contribution in [1.29, 1.82) is 0 Å². The van der Waals surface area contributed by atoms with Crippen molar-refractivity contribution in [2.75, 3.05) is 5.32 Å². The minimum absolute atomic E-state index is 0.0238. The molecule has 0 spiro atoms. The summed E-state index contributed by atoms with van der Waals surface area (Å²) in [4.78, 5) is 17.6. The number of carbonyl (C=O) groups excluding carboxylic acids is 1. The molecule has 7 heteroatoms.